The molecule has 2 aromatic rings. The largest absolute Gasteiger partial charge is 0.292 e. The molecular weight excluding hydrogens is 311 g/mol. The molecule has 0 saturated carbocycles. The van der Waals surface area contributed by atoms with Crippen molar-refractivity contribution in [2.75, 3.05) is 0 Å². The molecule has 0 aliphatic carbocycles. The van der Waals surface area contributed by atoms with Crippen LogP contribution in [-0.2, 0) is 0 Å². The summed E-state index contributed by atoms with van der Waals surface area (Å²) in [5, 5.41) is 9.13. The Labute approximate surface area is 117 Å². The summed E-state index contributed by atoms with van der Waals surface area (Å²) in [7, 11) is 0. The number of rotatable bonds is 3. The number of aromatic nitrogens is 1. The first-order valence-corrected chi connectivity index (χ1v) is 6.22. The monoisotopic (exact) mass is 318 g/mol. The highest BCUT2D eigenvalue weighted by Gasteiger charge is 2.25. The van der Waals surface area contributed by atoms with Crippen molar-refractivity contribution in [1.29, 1.82) is 5.26 Å². The van der Waals surface area contributed by atoms with E-state index in [0.29, 0.717) is 10.2 Å². The molecule has 2 rings (SSSR count). The van der Waals surface area contributed by atoms with Crippen LogP contribution in [0.15, 0.2) is 47.1 Å². The molecule has 1 unspecified atom stereocenters. The van der Waals surface area contributed by atoms with Gasteiger partial charge in [0.15, 0.2) is 11.7 Å². The van der Waals surface area contributed by atoms with Gasteiger partial charge in [-0.25, -0.2) is 4.39 Å². The number of nitrogens with zero attached hydrogens (tertiary/aromatic N) is 2. The molecule has 0 saturated heterocycles. The predicted octanol–water partition coefficient (Wildman–Crippen LogP) is 3.47. The van der Waals surface area contributed by atoms with Crippen molar-refractivity contribution >= 4 is 21.7 Å². The lowest BCUT2D eigenvalue weighted by Gasteiger charge is -2.08. The van der Waals surface area contributed by atoms with Crippen LogP contribution in [0.25, 0.3) is 0 Å². The number of nitriles is 1. The smallest absolute Gasteiger partial charge is 0.189 e. The van der Waals surface area contributed by atoms with Gasteiger partial charge >= 0.3 is 0 Å². The highest BCUT2D eigenvalue weighted by Crippen LogP contribution is 2.23. The fourth-order valence-corrected chi connectivity index (χ4v) is 2.01. The minimum Gasteiger partial charge on any atom is -0.292 e. The summed E-state index contributed by atoms with van der Waals surface area (Å²) in [5.74, 6) is -2.35. The topological polar surface area (TPSA) is 53.8 Å². The zero-order valence-electron chi connectivity index (χ0n) is 9.68. The third kappa shape index (κ3) is 2.85. The van der Waals surface area contributed by atoms with Crippen molar-refractivity contribution < 1.29 is 9.18 Å². The Hall–Kier alpha value is -2.06. The molecule has 1 heterocycles. The van der Waals surface area contributed by atoms with Crippen LogP contribution in [-0.4, -0.2) is 10.8 Å². The first kappa shape index (κ1) is 13.4. The maximum atomic E-state index is 13.7. The van der Waals surface area contributed by atoms with E-state index < -0.39 is 17.5 Å². The first-order chi connectivity index (χ1) is 9.13. The number of ketones is 1. The standard InChI is InChI=1S/C14H8BrFN2O/c15-9-4-5-12(16)10(7-9)14(19)11(8-17)13-3-1-2-6-18-13/h1-7,11H. The van der Waals surface area contributed by atoms with Gasteiger partial charge in [-0.05, 0) is 30.3 Å². The van der Waals surface area contributed by atoms with Crippen molar-refractivity contribution in [3.05, 3.63) is 64.1 Å². The number of pyridine rings is 1. The number of hydrogen-bond donors (Lipinski definition) is 0. The average molecular weight is 319 g/mol. The fraction of sp³-hybridized carbons (Fsp3) is 0.0714. The Morgan fingerprint density at radius 2 is 2.16 bits per heavy atom. The van der Waals surface area contributed by atoms with Gasteiger partial charge in [-0.1, -0.05) is 22.0 Å². The molecule has 1 atom stereocenters. The van der Waals surface area contributed by atoms with Crippen molar-refractivity contribution in [3.8, 4) is 6.07 Å². The zero-order chi connectivity index (χ0) is 13.8. The Morgan fingerprint density at radius 3 is 2.79 bits per heavy atom. The molecule has 0 amide bonds. The summed E-state index contributed by atoms with van der Waals surface area (Å²) in [6, 6.07) is 10.8. The Balaban J connectivity index is 2.43. The summed E-state index contributed by atoms with van der Waals surface area (Å²) in [6.07, 6.45) is 1.49. The molecule has 0 aliphatic heterocycles. The average Bonchev–Trinajstić information content (AvgIpc) is 2.43. The van der Waals surface area contributed by atoms with E-state index >= 15 is 0 Å². The van der Waals surface area contributed by atoms with Crippen LogP contribution in [0.1, 0.15) is 22.0 Å². The lowest BCUT2D eigenvalue weighted by molar-refractivity contribution is 0.0973. The molecule has 1 aromatic heterocycles. The Morgan fingerprint density at radius 1 is 1.37 bits per heavy atom. The van der Waals surface area contributed by atoms with Gasteiger partial charge in [0, 0.05) is 10.7 Å². The van der Waals surface area contributed by atoms with Crippen molar-refractivity contribution in [1.82, 2.24) is 4.98 Å². The van der Waals surface area contributed by atoms with Gasteiger partial charge < -0.3 is 0 Å². The van der Waals surface area contributed by atoms with E-state index in [9.17, 15) is 9.18 Å². The van der Waals surface area contributed by atoms with Crippen LogP contribution < -0.4 is 0 Å². The molecule has 0 radical (unpaired) electrons. The van der Waals surface area contributed by atoms with Crippen molar-refractivity contribution in [3.63, 3.8) is 0 Å². The van der Waals surface area contributed by atoms with Gasteiger partial charge in [-0.2, -0.15) is 5.26 Å². The highest BCUT2D eigenvalue weighted by atomic mass is 79.9. The molecule has 0 bridgehead atoms. The van der Waals surface area contributed by atoms with E-state index in [1.165, 1.54) is 24.4 Å². The quantitative estimate of drug-likeness (QED) is 0.814. The molecule has 0 spiro atoms. The molecule has 0 fully saturated rings. The summed E-state index contributed by atoms with van der Waals surface area (Å²) in [4.78, 5) is 16.2. The highest BCUT2D eigenvalue weighted by molar-refractivity contribution is 9.10. The van der Waals surface area contributed by atoms with Crippen LogP contribution in [0.2, 0.25) is 0 Å². The van der Waals surface area contributed by atoms with Crippen LogP contribution in [0.4, 0.5) is 4.39 Å². The second-order valence-corrected chi connectivity index (χ2v) is 4.72. The normalized spacial score (nSPS) is 11.6. The van der Waals surface area contributed by atoms with Gasteiger partial charge in [0.05, 0.1) is 17.3 Å². The van der Waals surface area contributed by atoms with Crippen LogP contribution in [0, 0.1) is 17.1 Å². The zero-order valence-corrected chi connectivity index (χ0v) is 11.3. The molecular formula is C14H8BrFN2O. The third-order valence-electron chi connectivity index (χ3n) is 2.57. The lowest BCUT2D eigenvalue weighted by Crippen LogP contribution is -2.14. The second kappa shape index (κ2) is 5.72. The minimum atomic E-state index is -1.11. The van der Waals surface area contributed by atoms with Crippen molar-refractivity contribution in [2.45, 2.75) is 5.92 Å². The SMILES string of the molecule is N#CC(C(=O)c1cc(Br)ccc1F)c1ccccn1. The molecule has 19 heavy (non-hydrogen) atoms. The van der Waals surface area contributed by atoms with Crippen LogP contribution >= 0.6 is 15.9 Å². The summed E-state index contributed by atoms with van der Waals surface area (Å²) in [5.41, 5.74) is 0.195. The Bertz CT molecular complexity index is 652. The molecule has 94 valence electrons. The number of Topliss-reactive ketones (excluding diaryl/α,β-unsaturated/α-hetero) is 1. The van der Waals surface area contributed by atoms with Gasteiger partial charge in [-0.3, -0.25) is 9.78 Å². The van der Waals surface area contributed by atoms with E-state index in [2.05, 4.69) is 20.9 Å². The second-order valence-electron chi connectivity index (χ2n) is 3.81. The summed E-state index contributed by atoms with van der Waals surface area (Å²) >= 11 is 3.17. The van der Waals surface area contributed by atoms with Gasteiger partial charge in [0.2, 0.25) is 0 Å². The summed E-state index contributed by atoms with van der Waals surface area (Å²) in [6.45, 7) is 0. The van der Waals surface area contributed by atoms with Gasteiger partial charge in [0.1, 0.15) is 5.82 Å². The Kier molecular flexibility index (Phi) is 4.03. The molecule has 1 aromatic carbocycles. The third-order valence-corrected chi connectivity index (χ3v) is 3.06. The van der Waals surface area contributed by atoms with Gasteiger partial charge in [0.25, 0.3) is 0 Å². The van der Waals surface area contributed by atoms with E-state index in [4.69, 9.17) is 5.26 Å². The fourth-order valence-electron chi connectivity index (χ4n) is 1.65. The van der Waals surface area contributed by atoms with Crippen LogP contribution in [0.5, 0.6) is 0 Å². The minimum absolute atomic E-state index is 0.119. The molecule has 0 N–H and O–H groups in total. The predicted molar refractivity (Wildman–Crippen MR) is 71.0 cm³/mol. The van der Waals surface area contributed by atoms with E-state index in [-0.39, 0.29) is 5.56 Å². The van der Waals surface area contributed by atoms with Crippen LogP contribution in [0.3, 0.4) is 0 Å². The number of hydrogen-bond acceptors (Lipinski definition) is 3. The number of carbonyl (C=O) groups excluding carboxylic acids is 1. The maximum absolute atomic E-state index is 13.7. The summed E-state index contributed by atoms with van der Waals surface area (Å²) < 4.78 is 14.2. The number of benzene rings is 1. The number of halogens is 2. The van der Waals surface area contributed by atoms with Crippen molar-refractivity contribution in [2.24, 2.45) is 0 Å². The van der Waals surface area contributed by atoms with E-state index in [1.54, 1.807) is 18.2 Å². The van der Waals surface area contributed by atoms with E-state index in [1.807, 2.05) is 6.07 Å². The molecule has 0 aliphatic rings. The maximum Gasteiger partial charge on any atom is 0.189 e. The lowest BCUT2D eigenvalue weighted by atomic mass is 9.95. The number of carbonyl (C=O) groups is 1. The van der Waals surface area contributed by atoms with Gasteiger partial charge in [-0.15, -0.1) is 0 Å². The molecule has 3 nitrogen and oxygen atoms in total. The van der Waals surface area contributed by atoms with E-state index in [0.717, 1.165) is 0 Å². The molecule has 5 heteroatoms. The first-order valence-electron chi connectivity index (χ1n) is 5.43.